The van der Waals surface area contributed by atoms with Crippen LogP contribution in [0.5, 0.6) is 0 Å². The van der Waals surface area contributed by atoms with E-state index in [1.807, 2.05) is 0 Å². The molecular weight excluding hydrogens is 335 g/mol. The van der Waals surface area contributed by atoms with Gasteiger partial charge in [0, 0.05) is 48.3 Å². The fraction of sp³-hybridized carbons (Fsp3) is 0.200. The summed E-state index contributed by atoms with van der Waals surface area (Å²) >= 11 is 0. The third kappa shape index (κ3) is 2.63. The van der Waals surface area contributed by atoms with Crippen LogP contribution in [0.1, 0.15) is 33.6 Å². The molecule has 1 amide bonds. The largest absolute Gasteiger partial charge is 0.455 e. The van der Waals surface area contributed by atoms with E-state index in [2.05, 4.69) is 10.6 Å². The summed E-state index contributed by atoms with van der Waals surface area (Å²) in [7, 11) is 1.53. The highest BCUT2D eigenvalue weighted by Gasteiger charge is 2.25. The lowest BCUT2D eigenvalue weighted by molar-refractivity contribution is 0.0961. The van der Waals surface area contributed by atoms with Crippen LogP contribution in [0.4, 0.5) is 10.1 Å². The molecule has 6 heteroatoms. The van der Waals surface area contributed by atoms with Crippen molar-refractivity contribution in [2.75, 3.05) is 18.9 Å². The molecule has 0 radical (unpaired) electrons. The van der Waals surface area contributed by atoms with Gasteiger partial charge in [0.2, 0.25) is 0 Å². The van der Waals surface area contributed by atoms with Crippen molar-refractivity contribution in [2.24, 2.45) is 0 Å². The number of amides is 1. The fourth-order valence-corrected chi connectivity index (χ4v) is 3.28. The molecule has 0 fully saturated rings. The Bertz CT molecular complexity index is 1020. The Morgan fingerprint density at radius 1 is 1.23 bits per heavy atom. The number of halogens is 1. The fourth-order valence-electron chi connectivity index (χ4n) is 3.28. The Morgan fingerprint density at radius 3 is 2.73 bits per heavy atom. The van der Waals surface area contributed by atoms with Crippen LogP contribution >= 0.6 is 0 Å². The zero-order chi connectivity index (χ0) is 18.3. The van der Waals surface area contributed by atoms with Gasteiger partial charge >= 0.3 is 0 Å². The lowest BCUT2D eigenvalue weighted by Gasteiger charge is -2.06. The smallest absolute Gasteiger partial charge is 0.255 e. The summed E-state index contributed by atoms with van der Waals surface area (Å²) in [6.07, 6.45) is 1.22. The number of benzene rings is 2. The second-order valence-corrected chi connectivity index (χ2v) is 6.24. The highest BCUT2D eigenvalue weighted by atomic mass is 19.1. The molecule has 0 spiro atoms. The molecule has 1 aliphatic heterocycles. The maximum atomic E-state index is 13.3. The molecule has 0 aliphatic carbocycles. The molecule has 3 aromatic rings. The highest BCUT2D eigenvalue weighted by Crippen LogP contribution is 2.37. The molecule has 26 heavy (non-hydrogen) atoms. The predicted molar refractivity (Wildman–Crippen MR) is 97.1 cm³/mol. The second kappa shape index (κ2) is 6.29. The van der Waals surface area contributed by atoms with E-state index in [9.17, 15) is 14.0 Å². The van der Waals surface area contributed by atoms with Crippen LogP contribution in [0.15, 0.2) is 40.8 Å². The molecular formula is C20H17FN2O3. The monoisotopic (exact) mass is 352 g/mol. The van der Waals surface area contributed by atoms with Gasteiger partial charge in [0.05, 0.1) is 5.56 Å². The summed E-state index contributed by atoms with van der Waals surface area (Å²) in [5.74, 6) is -0.295. The van der Waals surface area contributed by atoms with Gasteiger partial charge in [-0.2, -0.15) is 0 Å². The number of hydrogen-bond acceptors (Lipinski definition) is 4. The van der Waals surface area contributed by atoms with Crippen molar-refractivity contribution >= 4 is 28.3 Å². The summed E-state index contributed by atoms with van der Waals surface area (Å²) in [5.41, 5.74) is 2.71. The van der Waals surface area contributed by atoms with Crippen LogP contribution in [0, 0.1) is 5.82 Å². The standard InChI is InChI=1S/C20H17FN2O3/c1-22-20(25)18-14-9-13-15(23-8-2-3-16(13)24)10-17(14)26-19(18)11-4-6-12(21)7-5-11/h4-7,9-10,23H,2-3,8H2,1H3,(H,22,25). The zero-order valence-electron chi connectivity index (χ0n) is 14.2. The van der Waals surface area contributed by atoms with Crippen LogP contribution in [0.2, 0.25) is 0 Å². The SMILES string of the molecule is CNC(=O)c1c(-c2ccc(F)cc2)oc2cc3c(cc12)C(=O)CCCN3. The van der Waals surface area contributed by atoms with E-state index >= 15 is 0 Å². The molecule has 4 rings (SSSR count). The summed E-state index contributed by atoms with van der Waals surface area (Å²) in [4.78, 5) is 24.9. The van der Waals surface area contributed by atoms with Gasteiger partial charge in [0.25, 0.3) is 5.91 Å². The van der Waals surface area contributed by atoms with E-state index in [-0.39, 0.29) is 17.5 Å². The summed E-state index contributed by atoms with van der Waals surface area (Å²) < 4.78 is 19.2. The van der Waals surface area contributed by atoms with E-state index in [1.165, 1.54) is 19.2 Å². The molecule has 0 atom stereocenters. The molecule has 0 unspecified atom stereocenters. The molecule has 0 saturated carbocycles. The quantitative estimate of drug-likeness (QED) is 0.732. The Hall–Kier alpha value is -3.15. The van der Waals surface area contributed by atoms with Crippen molar-refractivity contribution in [2.45, 2.75) is 12.8 Å². The lowest BCUT2D eigenvalue weighted by atomic mass is 10.00. The average molecular weight is 352 g/mol. The molecule has 2 aromatic carbocycles. The number of rotatable bonds is 2. The number of furan rings is 1. The second-order valence-electron chi connectivity index (χ2n) is 6.24. The molecule has 1 aliphatic rings. The lowest BCUT2D eigenvalue weighted by Crippen LogP contribution is -2.18. The third-order valence-corrected chi connectivity index (χ3v) is 4.59. The maximum Gasteiger partial charge on any atom is 0.255 e. The first-order valence-corrected chi connectivity index (χ1v) is 8.44. The number of fused-ring (bicyclic) bond motifs is 2. The van der Waals surface area contributed by atoms with E-state index in [1.54, 1.807) is 24.3 Å². The maximum absolute atomic E-state index is 13.3. The van der Waals surface area contributed by atoms with Crippen LogP contribution in [0.25, 0.3) is 22.3 Å². The number of anilines is 1. The minimum atomic E-state index is -0.368. The van der Waals surface area contributed by atoms with E-state index in [0.717, 1.165) is 6.42 Å². The molecule has 0 bridgehead atoms. The predicted octanol–water partition coefficient (Wildman–Crippen LogP) is 3.99. The first-order valence-electron chi connectivity index (χ1n) is 8.44. The van der Waals surface area contributed by atoms with E-state index in [0.29, 0.717) is 52.1 Å². The van der Waals surface area contributed by atoms with Gasteiger partial charge in [0.15, 0.2) is 5.78 Å². The first kappa shape index (κ1) is 16.3. The minimum Gasteiger partial charge on any atom is -0.455 e. The molecule has 132 valence electrons. The number of nitrogens with one attached hydrogen (secondary N) is 2. The van der Waals surface area contributed by atoms with Crippen molar-refractivity contribution in [3.8, 4) is 11.3 Å². The molecule has 5 nitrogen and oxygen atoms in total. The molecule has 2 heterocycles. The Balaban J connectivity index is 1.99. The molecule has 2 N–H and O–H groups in total. The van der Waals surface area contributed by atoms with Gasteiger partial charge in [-0.3, -0.25) is 9.59 Å². The van der Waals surface area contributed by atoms with E-state index < -0.39 is 0 Å². The average Bonchev–Trinajstić information content (AvgIpc) is 2.92. The van der Waals surface area contributed by atoms with Crippen molar-refractivity contribution in [3.63, 3.8) is 0 Å². The van der Waals surface area contributed by atoms with Gasteiger partial charge in [-0.1, -0.05) is 0 Å². The third-order valence-electron chi connectivity index (χ3n) is 4.59. The van der Waals surface area contributed by atoms with Crippen molar-refractivity contribution in [1.82, 2.24) is 5.32 Å². The Morgan fingerprint density at radius 2 is 2.00 bits per heavy atom. The van der Waals surface area contributed by atoms with Gasteiger partial charge in [-0.25, -0.2) is 4.39 Å². The van der Waals surface area contributed by atoms with Crippen LogP contribution in [0.3, 0.4) is 0 Å². The first-order chi connectivity index (χ1) is 12.6. The number of Topliss-reactive ketones (excluding diaryl/α,β-unsaturated/α-hetero) is 1. The van der Waals surface area contributed by atoms with Crippen molar-refractivity contribution < 1.29 is 18.4 Å². The molecule has 1 aromatic heterocycles. The normalized spacial score (nSPS) is 13.8. The number of hydrogen-bond donors (Lipinski definition) is 2. The van der Waals surface area contributed by atoms with Gasteiger partial charge in [0.1, 0.15) is 17.2 Å². The van der Waals surface area contributed by atoms with Gasteiger partial charge in [-0.15, -0.1) is 0 Å². The topological polar surface area (TPSA) is 71.3 Å². The van der Waals surface area contributed by atoms with Crippen molar-refractivity contribution in [3.05, 3.63) is 53.3 Å². The van der Waals surface area contributed by atoms with E-state index in [4.69, 9.17) is 4.42 Å². The Kier molecular flexibility index (Phi) is 3.95. The summed E-state index contributed by atoms with van der Waals surface area (Å²) in [6, 6.07) is 9.23. The summed E-state index contributed by atoms with van der Waals surface area (Å²) in [5, 5.41) is 6.42. The Labute approximate surface area is 149 Å². The zero-order valence-corrected chi connectivity index (χ0v) is 14.2. The number of carbonyl (C=O) groups is 2. The minimum absolute atomic E-state index is 0.0410. The van der Waals surface area contributed by atoms with Gasteiger partial charge < -0.3 is 15.1 Å². The molecule has 0 saturated heterocycles. The van der Waals surface area contributed by atoms with Crippen LogP contribution in [-0.4, -0.2) is 25.3 Å². The number of ketones is 1. The van der Waals surface area contributed by atoms with Crippen LogP contribution in [-0.2, 0) is 0 Å². The van der Waals surface area contributed by atoms with Gasteiger partial charge in [-0.05, 0) is 36.8 Å². The summed E-state index contributed by atoms with van der Waals surface area (Å²) in [6.45, 7) is 0.706. The van der Waals surface area contributed by atoms with Crippen LogP contribution < -0.4 is 10.6 Å². The highest BCUT2D eigenvalue weighted by molar-refractivity contribution is 6.14. The van der Waals surface area contributed by atoms with Crippen molar-refractivity contribution in [1.29, 1.82) is 0 Å². The number of carbonyl (C=O) groups excluding carboxylic acids is 2.